The van der Waals surface area contributed by atoms with Gasteiger partial charge in [-0.1, -0.05) is 18.5 Å². The molecule has 1 aliphatic heterocycles. The van der Waals surface area contributed by atoms with Crippen molar-refractivity contribution in [2.75, 3.05) is 33.2 Å². The van der Waals surface area contributed by atoms with Crippen molar-refractivity contribution in [1.82, 2.24) is 10.3 Å². The molecular formula is C36H34ClN3O9. The summed E-state index contributed by atoms with van der Waals surface area (Å²) in [7, 11) is 4.36. The second-order valence-electron chi connectivity index (χ2n) is 11.8. The quantitative estimate of drug-likeness (QED) is 0.153. The number of rotatable bonds is 11. The van der Waals surface area contributed by atoms with Crippen LogP contribution in [-0.4, -0.2) is 61.8 Å². The molecule has 2 aromatic heterocycles. The zero-order chi connectivity index (χ0) is 34.9. The molecule has 2 unspecified atom stereocenters. The predicted molar refractivity (Wildman–Crippen MR) is 179 cm³/mol. The van der Waals surface area contributed by atoms with Crippen LogP contribution in [-0.2, 0) is 22.4 Å². The number of hydrogen-bond acceptors (Lipinski definition) is 10. The van der Waals surface area contributed by atoms with Crippen molar-refractivity contribution < 1.29 is 42.5 Å². The third-order valence-electron chi connectivity index (χ3n) is 8.79. The molecule has 254 valence electrons. The van der Waals surface area contributed by atoms with Gasteiger partial charge in [-0.05, 0) is 42.8 Å². The van der Waals surface area contributed by atoms with Gasteiger partial charge in [0, 0.05) is 48.7 Å². The van der Waals surface area contributed by atoms with Gasteiger partial charge in [-0.3, -0.25) is 24.2 Å². The second kappa shape index (κ2) is 13.6. The number of carbonyl (C=O) groups is 4. The molecule has 2 atom stereocenters. The molecule has 3 heterocycles. The Hall–Kier alpha value is -5.36. The number of nitrogens with one attached hydrogen (secondary N) is 2. The van der Waals surface area contributed by atoms with Crippen LogP contribution in [0.3, 0.4) is 0 Å². The Morgan fingerprint density at radius 3 is 2.41 bits per heavy atom. The fourth-order valence-electron chi connectivity index (χ4n) is 6.34. The van der Waals surface area contributed by atoms with Crippen LogP contribution in [0.15, 0.2) is 59.3 Å². The van der Waals surface area contributed by atoms with Crippen LogP contribution in [0.25, 0.3) is 11.3 Å². The SMILES string of the molecule is COc1ccc(-c2oc3c(c2CC(=O)NCCCC(=O)Nc2cccnc2)C(=O)C2(Oc4c(Cl)c(OC)cc(OC)c4C2=O)C(C)C3)cc1. The maximum atomic E-state index is 14.7. The Balaban J connectivity index is 1.30. The number of ketones is 2. The Labute approximate surface area is 287 Å². The molecule has 2 aromatic carbocycles. The van der Waals surface area contributed by atoms with Crippen LogP contribution in [0.2, 0.25) is 5.02 Å². The summed E-state index contributed by atoms with van der Waals surface area (Å²) in [6.45, 7) is 1.94. The summed E-state index contributed by atoms with van der Waals surface area (Å²) in [5.74, 6) is -0.886. The molecule has 1 spiro atoms. The van der Waals surface area contributed by atoms with Crippen LogP contribution < -0.4 is 29.6 Å². The Bertz CT molecular complexity index is 1940. The minimum absolute atomic E-state index is 0.00255. The molecule has 0 saturated heterocycles. The molecule has 2 amide bonds. The third kappa shape index (κ3) is 5.97. The summed E-state index contributed by atoms with van der Waals surface area (Å²) in [5, 5.41) is 5.63. The number of methoxy groups -OCH3 is 3. The Morgan fingerprint density at radius 1 is 1.00 bits per heavy atom. The fraction of sp³-hybridized carbons (Fsp3) is 0.306. The first-order valence-electron chi connectivity index (χ1n) is 15.6. The normalized spacial score (nSPS) is 17.6. The minimum Gasteiger partial charge on any atom is -0.497 e. The molecule has 0 saturated carbocycles. The highest BCUT2D eigenvalue weighted by atomic mass is 35.5. The second-order valence-corrected chi connectivity index (χ2v) is 12.1. The van der Waals surface area contributed by atoms with Crippen molar-refractivity contribution >= 4 is 40.7 Å². The van der Waals surface area contributed by atoms with Crippen molar-refractivity contribution in [3.8, 4) is 34.3 Å². The van der Waals surface area contributed by atoms with E-state index in [1.165, 1.54) is 20.3 Å². The van der Waals surface area contributed by atoms with E-state index in [1.807, 2.05) is 0 Å². The summed E-state index contributed by atoms with van der Waals surface area (Å²) < 4.78 is 28.8. The molecule has 0 radical (unpaired) electrons. The van der Waals surface area contributed by atoms with Crippen LogP contribution >= 0.6 is 11.6 Å². The maximum absolute atomic E-state index is 14.7. The lowest BCUT2D eigenvalue weighted by atomic mass is 9.70. The molecule has 49 heavy (non-hydrogen) atoms. The summed E-state index contributed by atoms with van der Waals surface area (Å²) in [6.07, 6.45) is 3.62. The van der Waals surface area contributed by atoms with E-state index in [9.17, 15) is 19.2 Å². The van der Waals surface area contributed by atoms with Gasteiger partial charge >= 0.3 is 0 Å². The van der Waals surface area contributed by atoms with E-state index in [4.69, 9.17) is 35.0 Å². The van der Waals surface area contributed by atoms with E-state index in [1.54, 1.807) is 62.8 Å². The number of benzene rings is 2. The maximum Gasteiger partial charge on any atom is 0.237 e. The van der Waals surface area contributed by atoms with Crippen molar-refractivity contribution in [2.45, 2.75) is 38.2 Å². The molecule has 6 rings (SSSR count). The molecule has 2 aliphatic rings. The standard InChI is InChI=1S/C36H34ClN3O9/c1-19-15-25-29(34(43)36(19)35(44)30-24(46-3)17-26(47-4)31(37)33(30)49-36)23(32(48-25)20-9-11-22(45-2)12-10-20)16-28(42)39-14-6-8-27(41)40-21-7-5-13-38-18-21/h5,7,9-13,17-19H,6,8,14-16H2,1-4H3,(H,39,42)(H,40,41). The number of amides is 2. The summed E-state index contributed by atoms with van der Waals surface area (Å²) in [5.41, 5.74) is -0.327. The van der Waals surface area contributed by atoms with Crippen molar-refractivity contribution in [3.05, 3.63) is 82.3 Å². The Kier molecular flexibility index (Phi) is 9.33. The number of anilines is 1. The van der Waals surface area contributed by atoms with Gasteiger partial charge in [0.1, 0.15) is 39.4 Å². The zero-order valence-electron chi connectivity index (χ0n) is 27.3. The van der Waals surface area contributed by atoms with E-state index >= 15 is 0 Å². The van der Waals surface area contributed by atoms with Crippen molar-refractivity contribution in [1.29, 1.82) is 0 Å². The number of Topliss-reactive ketones (excluding diaryl/α,β-unsaturated/α-hetero) is 2. The highest BCUT2D eigenvalue weighted by molar-refractivity contribution is 6.36. The highest BCUT2D eigenvalue weighted by Gasteiger charge is 2.63. The number of furan rings is 1. The number of aromatic nitrogens is 1. The number of nitrogens with zero attached hydrogens (tertiary/aromatic N) is 1. The highest BCUT2D eigenvalue weighted by Crippen LogP contribution is 2.54. The molecule has 4 aromatic rings. The third-order valence-corrected chi connectivity index (χ3v) is 9.14. The number of pyridine rings is 1. The van der Waals surface area contributed by atoms with E-state index < -0.39 is 29.0 Å². The van der Waals surface area contributed by atoms with Crippen LogP contribution in [0.5, 0.6) is 23.0 Å². The van der Waals surface area contributed by atoms with Gasteiger partial charge in [0.15, 0.2) is 5.75 Å². The molecule has 0 bridgehead atoms. The number of hydrogen-bond donors (Lipinski definition) is 2. The first-order valence-corrected chi connectivity index (χ1v) is 16.0. The number of carbonyl (C=O) groups excluding carboxylic acids is 4. The van der Waals surface area contributed by atoms with Gasteiger partial charge in [0.2, 0.25) is 29.0 Å². The average Bonchev–Trinajstić information content (AvgIpc) is 3.62. The lowest BCUT2D eigenvalue weighted by Crippen LogP contribution is -2.56. The minimum atomic E-state index is -1.98. The van der Waals surface area contributed by atoms with Crippen molar-refractivity contribution in [2.24, 2.45) is 5.92 Å². The summed E-state index contributed by atoms with van der Waals surface area (Å²) >= 11 is 6.60. The van der Waals surface area contributed by atoms with Gasteiger partial charge in [-0.25, -0.2) is 0 Å². The van der Waals surface area contributed by atoms with Gasteiger partial charge < -0.3 is 34.0 Å². The molecule has 1 aliphatic carbocycles. The average molecular weight is 688 g/mol. The van der Waals surface area contributed by atoms with Crippen LogP contribution in [0.4, 0.5) is 5.69 Å². The van der Waals surface area contributed by atoms with Crippen LogP contribution in [0.1, 0.15) is 51.8 Å². The van der Waals surface area contributed by atoms with E-state index in [-0.39, 0.29) is 65.1 Å². The number of halogens is 1. The number of ether oxygens (including phenoxy) is 4. The van der Waals surface area contributed by atoms with Gasteiger partial charge in [0.05, 0.1) is 45.2 Å². The van der Waals surface area contributed by atoms with Crippen molar-refractivity contribution in [3.63, 3.8) is 0 Å². The summed E-state index contributed by atoms with van der Waals surface area (Å²) in [4.78, 5) is 58.7. The van der Waals surface area contributed by atoms with Crippen LogP contribution in [0, 0.1) is 5.92 Å². The molecule has 13 heteroatoms. The zero-order valence-corrected chi connectivity index (χ0v) is 28.1. The summed E-state index contributed by atoms with van der Waals surface area (Å²) in [6, 6.07) is 11.9. The monoisotopic (exact) mass is 687 g/mol. The fourth-order valence-corrected chi connectivity index (χ4v) is 6.60. The first kappa shape index (κ1) is 33.5. The van der Waals surface area contributed by atoms with E-state index in [0.29, 0.717) is 40.5 Å². The first-order chi connectivity index (χ1) is 23.6. The lowest BCUT2D eigenvalue weighted by Gasteiger charge is -2.35. The molecule has 12 nitrogen and oxygen atoms in total. The Morgan fingerprint density at radius 2 is 1.73 bits per heavy atom. The van der Waals surface area contributed by atoms with Gasteiger partial charge in [-0.2, -0.15) is 0 Å². The molecule has 0 fully saturated rings. The van der Waals surface area contributed by atoms with Gasteiger partial charge in [0.25, 0.3) is 0 Å². The van der Waals surface area contributed by atoms with E-state index in [2.05, 4.69) is 15.6 Å². The number of fused-ring (bicyclic) bond motifs is 2. The molecular weight excluding hydrogens is 654 g/mol. The van der Waals surface area contributed by atoms with E-state index in [0.717, 1.165) is 0 Å². The molecule has 2 N–H and O–H groups in total. The topological polar surface area (TPSA) is 155 Å². The van der Waals surface area contributed by atoms with Gasteiger partial charge in [-0.15, -0.1) is 0 Å². The lowest BCUT2D eigenvalue weighted by molar-refractivity contribution is -0.121. The smallest absolute Gasteiger partial charge is 0.237 e. The largest absolute Gasteiger partial charge is 0.497 e. The predicted octanol–water partition coefficient (Wildman–Crippen LogP) is 5.49.